The number of rotatable bonds is 9. The molecule has 10 nitrogen and oxygen atoms in total. The summed E-state index contributed by atoms with van der Waals surface area (Å²) in [5.74, 6) is 2.40. The van der Waals surface area contributed by atoms with Crippen LogP contribution in [0.1, 0.15) is 21.6 Å². The van der Waals surface area contributed by atoms with Crippen molar-refractivity contribution in [2.24, 2.45) is 0 Å². The first-order valence-corrected chi connectivity index (χ1v) is 11.9. The molecule has 0 bridgehead atoms. The number of hydrogen-bond donors (Lipinski definition) is 1. The molecule has 0 amide bonds. The van der Waals surface area contributed by atoms with Gasteiger partial charge in [-0.1, -0.05) is 0 Å². The molecule has 4 aromatic rings. The quantitative estimate of drug-likeness (QED) is 0.284. The summed E-state index contributed by atoms with van der Waals surface area (Å²) in [5, 5.41) is 11.7. The molecule has 0 spiro atoms. The van der Waals surface area contributed by atoms with Gasteiger partial charge in [0.05, 0.1) is 42.7 Å². The molecule has 1 aliphatic rings. The van der Waals surface area contributed by atoms with Gasteiger partial charge < -0.3 is 38.3 Å². The third-order valence-electron chi connectivity index (χ3n) is 6.70. The summed E-state index contributed by atoms with van der Waals surface area (Å²) in [7, 11) is 9.07. The topological polar surface area (TPSA) is 115 Å². The molecule has 1 aliphatic carbocycles. The van der Waals surface area contributed by atoms with Crippen LogP contribution in [-0.4, -0.2) is 58.5 Å². The largest absolute Gasteiger partial charge is 0.507 e. The molecule has 0 saturated carbocycles. The number of hydrogen-bond acceptors (Lipinski definition) is 10. The molecule has 3 aromatic carbocycles. The van der Waals surface area contributed by atoms with Crippen molar-refractivity contribution in [3.63, 3.8) is 0 Å². The molecule has 0 saturated heterocycles. The van der Waals surface area contributed by atoms with Gasteiger partial charge in [-0.3, -0.25) is 9.78 Å². The van der Waals surface area contributed by atoms with Crippen LogP contribution in [0, 0.1) is 0 Å². The minimum Gasteiger partial charge on any atom is -0.507 e. The number of aromatic hydroxyl groups is 1. The van der Waals surface area contributed by atoms with Crippen LogP contribution in [0.5, 0.6) is 46.0 Å². The fourth-order valence-electron chi connectivity index (χ4n) is 4.90. The van der Waals surface area contributed by atoms with Gasteiger partial charge in [0.25, 0.3) is 0 Å². The van der Waals surface area contributed by atoms with Gasteiger partial charge in [-0.2, -0.15) is 0 Å². The van der Waals surface area contributed by atoms with Gasteiger partial charge in [-0.05, 0) is 24.3 Å². The Labute approximate surface area is 224 Å². The highest BCUT2D eigenvalue weighted by atomic mass is 16.5. The summed E-state index contributed by atoms with van der Waals surface area (Å²) in [4.78, 5) is 18.1. The Bertz CT molecular complexity index is 1610. The Morgan fingerprint density at radius 2 is 1.33 bits per heavy atom. The Balaban J connectivity index is 1.67. The number of ether oxygens (including phenoxy) is 7. The zero-order valence-corrected chi connectivity index (χ0v) is 22.3. The lowest BCUT2D eigenvalue weighted by atomic mass is 9.84. The summed E-state index contributed by atoms with van der Waals surface area (Å²) in [6.45, 7) is -0.0334. The van der Waals surface area contributed by atoms with E-state index in [2.05, 4.69) is 4.98 Å². The van der Waals surface area contributed by atoms with Gasteiger partial charge in [0, 0.05) is 45.3 Å². The molecule has 0 radical (unpaired) electrons. The first-order chi connectivity index (χ1) is 18.9. The van der Waals surface area contributed by atoms with Crippen LogP contribution in [0.4, 0.5) is 0 Å². The lowest BCUT2D eigenvalue weighted by molar-refractivity contribution is 0.103. The van der Waals surface area contributed by atoms with E-state index in [1.54, 1.807) is 30.5 Å². The summed E-state index contributed by atoms with van der Waals surface area (Å²) in [6, 6.07) is 8.16. The number of carbonyl (C=O) groups is 1. The van der Waals surface area contributed by atoms with Gasteiger partial charge >= 0.3 is 0 Å². The van der Waals surface area contributed by atoms with Crippen molar-refractivity contribution >= 4 is 16.6 Å². The van der Waals surface area contributed by atoms with Crippen LogP contribution in [0.25, 0.3) is 21.9 Å². The van der Waals surface area contributed by atoms with Crippen molar-refractivity contribution in [3.8, 4) is 57.1 Å². The zero-order valence-electron chi connectivity index (χ0n) is 22.3. The lowest BCUT2D eigenvalue weighted by Gasteiger charge is -2.25. The van der Waals surface area contributed by atoms with Crippen LogP contribution in [0.2, 0.25) is 0 Å². The smallest absolute Gasteiger partial charge is 0.212 e. The first-order valence-electron chi connectivity index (χ1n) is 11.9. The molecule has 0 aliphatic heterocycles. The third-order valence-corrected chi connectivity index (χ3v) is 6.70. The maximum atomic E-state index is 13.7. The van der Waals surface area contributed by atoms with Crippen LogP contribution >= 0.6 is 0 Å². The maximum Gasteiger partial charge on any atom is 0.212 e. The third kappa shape index (κ3) is 3.96. The van der Waals surface area contributed by atoms with E-state index in [-0.39, 0.29) is 23.8 Å². The van der Waals surface area contributed by atoms with E-state index < -0.39 is 0 Å². The summed E-state index contributed by atoms with van der Waals surface area (Å²) < 4.78 is 39.4. The van der Waals surface area contributed by atoms with Crippen LogP contribution in [0.3, 0.4) is 0 Å². The minimum absolute atomic E-state index is 0.0313. The van der Waals surface area contributed by atoms with E-state index in [0.717, 1.165) is 0 Å². The highest BCUT2D eigenvalue weighted by Gasteiger charge is 2.34. The number of benzene rings is 3. The molecule has 202 valence electrons. The average Bonchev–Trinajstić information content (AvgIpc) is 2.97. The highest BCUT2D eigenvalue weighted by molar-refractivity contribution is 6.27. The second-order valence-electron chi connectivity index (χ2n) is 8.56. The maximum absolute atomic E-state index is 13.7. The van der Waals surface area contributed by atoms with Crippen molar-refractivity contribution in [2.45, 2.75) is 6.61 Å². The van der Waals surface area contributed by atoms with Crippen molar-refractivity contribution < 1.29 is 43.1 Å². The number of phenols is 1. The van der Waals surface area contributed by atoms with Crippen LogP contribution < -0.4 is 33.2 Å². The Morgan fingerprint density at radius 1 is 0.718 bits per heavy atom. The number of ketones is 1. The molecule has 1 aromatic heterocycles. The van der Waals surface area contributed by atoms with Gasteiger partial charge in [0.1, 0.15) is 18.1 Å². The van der Waals surface area contributed by atoms with E-state index in [1.807, 2.05) is 0 Å². The Hall–Kier alpha value is -4.86. The summed E-state index contributed by atoms with van der Waals surface area (Å²) >= 11 is 0. The lowest BCUT2D eigenvalue weighted by Crippen LogP contribution is -2.14. The van der Waals surface area contributed by atoms with E-state index in [1.165, 1.54) is 48.7 Å². The second kappa shape index (κ2) is 10.1. The normalized spacial score (nSPS) is 11.6. The zero-order chi connectivity index (χ0) is 27.8. The number of fused-ring (bicyclic) bond motifs is 2. The fraction of sp³-hybridized carbons (Fsp3) is 0.241. The Morgan fingerprint density at radius 3 is 1.97 bits per heavy atom. The highest BCUT2D eigenvalue weighted by Crippen LogP contribution is 2.55. The molecule has 0 unspecified atom stereocenters. The standard InChI is InChI=1S/C29H27NO9/c1-33-19-9-14(18(31)12-21(19)35-3)13-39-22-11-17-16(10-20(22)34-2)24-23-15(7-8-30-25(23)26(17)32)27(36-4)29(38-6)28(24)37-5/h7-12,31H,13H2,1-6H3. The van der Waals surface area contributed by atoms with Gasteiger partial charge in [0.15, 0.2) is 34.5 Å². The predicted octanol–water partition coefficient (Wildman–Crippen LogP) is 4.78. The molecule has 39 heavy (non-hydrogen) atoms. The number of carbonyl (C=O) groups excluding carboxylic acids is 1. The first kappa shape index (κ1) is 25.8. The predicted molar refractivity (Wildman–Crippen MR) is 142 cm³/mol. The number of phenolic OH excluding ortho intramolecular Hbond substituents is 1. The fourth-order valence-corrected chi connectivity index (χ4v) is 4.90. The van der Waals surface area contributed by atoms with E-state index in [9.17, 15) is 9.90 Å². The SMILES string of the molecule is COc1cc(O)c(COc2cc3c(cc2OC)-c2c(OC)c(OC)c(OC)c4ccnc(c24)C3=O)cc1OC. The summed E-state index contributed by atoms with van der Waals surface area (Å²) in [6.07, 6.45) is 1.56. The van der Waals surface area contributed by atoms with Crippen molar-refractivity contribution in [2.75, 3.05) is 42.7 Å². The van der Waals surface area contributed by atoms with E-state index in [0.29, 0.717) is 73.3 Å². The van der Waals surface area contributed by atoms with Gasteiger partial charge in [0.2, 0.25) is 11.5 Å². The van der Waals surface area contributed by atoms with Crippen molar-refractivity contribution in [1.82, 2.24) is 4.98 Å². The number of pyridine rings is 1. The molecule has 5 rings (SSSR count). The molecular weight excluding hydrogens is 506 g/mol. The number of methoxy groups -OCH3 is 6. The summed E-state index contributed by atoms with van der Waals surface area (Å²) in [5.41, 5.74) is 2.25. The molecule has 1 N–H and O–H groups in total. The number of aromatic nitrogens is 1. The Kier molecular flexibility index (Phi) is 6.69. The minimum atomic E-state index is -0.293. The molecule has 0 atom stereocenters. The van der Waals surface area contributed by atoms with Crippen LogP contribution in [0.15, 0.2) is 36.5 Å². The average molecular weight is 534 g/mol. The van der Waals surface area contributed by atoms with Gasteiger partial charge in [-0.15, -0.1) is 0 Å². The molecule has 10 heteroatoms. The van der Waals surface area contributed by atoms with Crippen molar-refractivity contribution in [3.05, 3.63) is 53.3 Å². The molecule has 0 fully saturated rings. The van der Waals surface area contributed by atoms with Crippen molar-refractivity contribution in [1.29, 1.82) is 0 Å². The van der Waals surface area contributed by atoms with Crippen LogP contribution in [-0.2, 0) is 6.61 Å². The van der Waals surface area contributed by atoms with Gasteiger partial charge in [-0.25, -0.2) is 0 Å². The van der Waals surface area contributed by atoms with E-state index >= 15 is 0 Å². The number of nitrogens with zero attached hydrogens (tertiary/aromatic N) is 1. The molecule has 1 heterocycles. The second-order valence-corrected chi connectivity index (χ2v) is 8.56. The van der Waals surface area contributed by atoms with E-state index in [4.69, 9.17) is 33.2 Å². The monoisotopic (exact) mass is 533 g/mol. The molecular formula is C29H27NO9.